The van der Waals surface area contributed by atoms with E-state index in [4.69, 9.17) is 4.74 Å². The van der Waals surface area contributed by atoms with Gasteiger partial charge in [-0.25, -0.2) is 0 Å². The molecule has 1 saturated heterocycles. The van der Waals surface area contributed by atoms with E-state index >= 15 is 0 Å². The molecule has 114 valence electrons. The van der Waals surface area contributed by atoms with Gasteiger partial charge >= 0.3 is 0 Å². The summed E-state index contributed by atoms with van der Waals surface area (Å²) < 4.78 is 5.76. The number of hydrogen-bond donors (Lipinski definition) is 3. The molecule has 1 fully saturated rings. The van der Waals surface area contributed by atoms with Crippen molar-refractivity contribution in [3.05, 3.63) is 30.5 Å². The van der Waals surface area contributed by atoms with Gasteiger partial charge in [0.25, 0.3) is 0 Å². The predicted molar refractivity (Wildman–Crippen MR) is 81.5 cm³/mol. The number of aromatic nitrogens is 1. The van der Waals surface area contributed by atoms with Crippen LogP contribution in [-0.4, -0.2) is 58.5 Å². The molecule has 0 aliphatic carbocycles. The highest BCUT2D eigenvalue weighted by atomic mass is 16.5. The van der Waals surface area contributed by atoms with Crippen LogP contribution in [0, 0.1) is 0 Å². The van der Waals surface area contributed by atoms with E-state index in [1.807, 2.05) is 30.5 Å². The first kappa shape index (κ1) is 14.4. The fourth-order valence-electron chi connectivity index (χ4n) is 3.03. The van der Waals surface area contributed by atoms with Gasteiger partial charge in [-0.15, -0.1) is 0 Å². The summed E-state index contributed by atoms with van der Waals surface area (Å²) in [6.07, 6.45) is 3.42. The summed E-state index contributed by atoms with van der Waals surface area (Å²) in [5.74, 6) is 0.785. The number of hydrogen-bond acceptors (Lipinski definition) is 4. The SMILES string of the molecule is OCC1CCCN1CC(O)COc1cccc2[nH]ccc12. The van der Waals surface area contributed by atoms with E-state index in [1.165, 1.54) is 0 Å². The van der Waals surface area contributed by atoms with Gasteiger partial charge in [0.1, 0.15) is 18.5 Å². The highest BCUT2D eigenvalue weighted by Gasteiger charge is 2.25. The molecular weight excluding hydrogens is 268 g/mol. The number of fused-ring (bicyclic) bond motifs is 1. The summed E-state index contributed by atoms with van der Waals surface area (Å²) in [6.45, 7) is 1.92. The van der Waals surface area contributed by atoms with E-state index in [-0.39, 0.29) is 19.3 Å². The zero-order valence-corrected chi connectivity index (χ0v) is 12.0. The van der Waals surface area contributed by atoms with Gasteiger partial charge in [0, 0.05) is 29.7 Å². The monoisotopic (exact) mass is 290 g/mol. The number of benzene rings is 1. The van der Waals surface area contributed by atoms with E-state index in [1.54, 1.807) is 0 Å². The molecule has 0 radical (unpaired) electrons. The number of likely N-dealkylation sites (tertiary alicyclic amines) is 1. The second-order valence-electron chi connectivity index (χ2n) is 5.63. The molecule has 0 saturated carbocycles. The van der Waals surface area contributed by atoms with Crippen molar-refractivity contribution in [1.82, 2.24) is 9.88 Å². The number of aliphatic hydroxyl groups excluding tert-OH is 2. The lowest BCUT2D eigenvalue weighted by atomic mass is 10.2. The number of nitrogens with one attached hydrogen (secondary N) is 1. The molecule has 5 nitrogen and oxygen atoms in total. The molecule has 3 rings (SSSR count). The second-order valence-corrected chi connectivity index (χ2v) is 5.63. The molecule has 0 amide bonds. The smallest absolute Gasteiger partial charge is 0.128 e. The van der Waals surface area contributed by atoms with Gasteiger partial charge in [-0.3, -0.25) is 4.90 Å². The minimum Gasteiger partial charge on any atom is -0.490 e. The first-order valence-corrected chi connectivity index (χ1v) is 7.50. The van der Waals surface area contributed by atoms with Crippen molar-refractivity contribution in [3.8, 4) is 5.75 Å². The van der Waals surface area contributed by atoms with Crippen molar-refractivity contribution < 1.29 is 14.9 Å². The highest BCUT2D eigenvalue weighted by Crippen LogP contribution is 2.24. The van der Waals surface area contributed by atoms with Crippen molar-refractivity contribution in [1.29, 1.82) is 0 Å². The Morgan fingerprint density at radius 1 is 1.38 bits per heavy atom. The van der Waals surface area contributed by atoms with Crippen LogP contribution in [0.1, 0.15) is 12.8 Å². The van der Waals surface area contributed by atoms with Crippen molar-refractivity contribution in [2.45, 2.75) is 25.0 Å². The average molecular weight is 290 g/mol. The van der Waals surface area contributed by atoms with Crippen molar-refractivity contribution in [2.75, 3.05) is 26.3 Å². The zero-order chi connectivity index (χ0) is 14.7. The van der Waals surface area contributed by atoms with Crippen LogP contribution in [0.2, 0.25) is 0 Å². The quantitative estimate of drug-likeness (QED) is 0.751. The van der Waals surface area contributed by atoms with E-state index < -0.39 is 6.10 Å². The van der Waals surface area contributed by atoms with Crippen LogP contribution in [0.25, 0.3) is 10.9 Å². The lowest BCUT2D eigenvalue weighted by Crippen LogP contribution is -2.40. The normalized spacial score (nSPS) is 21.0. The van der Waals surface area contributed by atoms with Gasteiger partial charge < -0.3 is 19.9 Å². The van der Waals surface area contributed by atoms with Gasteiger partial charge in [0.15, 0.2) is 0 Å². The minimum absolute atomic E-state index is 0.163. The van der Waals surface area contributed by atoms with Gasteiger partial charge in [0.2, 0.25) is 0 Å². The summed E-state index contributed by atoms with van der Waals surface area (Å²) in [5, 5.41) is 20.5. The molecule has 1 aliphatic heterocycles. The summed E-state index contributed by atoms with van der Waals surface area (Å²) in [4.78, 5) is 5.28. The molecule has 1 aromatic heterocycles. The molecule has 3 N–H and O–H groups in total. The van der Waals surface area contributed by atoms with E-state index in [9.17, 15) is 10.2 Å². The molecule has 2 aromatic rings. The Morgan fingerprint density at radius 2 is 2.29 bits per heavy atom. The van der Waals surface area contributed by atoms with Crippen molar-refractivity contribution in [3.63, 3.8) is 0 Å². The lowest BCUT2D eigenvalue weighted by molar-refractivity contribution is 0.0537. The maximum atomic E-state index is 10.2. The Bertz CT molecular complexity index is 584. The Balaban J connectivity index is 1.56. The maximum absolute atomic E-state index is 10.2. The third kappa shape index (κ3) is 3.20. The molecule has 21 heavy (non-hydrogen) atoms. The number of nitrogens with zero attached hydrogens (tertiary/aromatic N) is 1. The summed E-state index contributed by atoms with van der Waals surface area (Å²) in [5.41, 5.74) is 1.03. The van der Waals surface area contributed by atoms with E-state index in [2.05, 4.69) is 9.88 Å². The first-order chi connectivity index (χ1) is 10.3. The fourth-order valence-corrected chi connectivity index (χ4v) is 3.03. The third-order valence-corrected chi connectivity index (χ3v) is 4.14. The van der Waals surface area contributed by atoms with Crippen molar-refractivity contribution >= 4 is 10.9 Å². The standard InChI is InChI=1S/C16H22N2O3/c19-10-12-3-2-8-18(12)9-13(20)11-21-16-5-1-4-15-14(16)6-7-17-15/h1,4-7,12-13,17,19-20H,2-3,8-11H2. The Hall–Kier alpha value is -1.56. The summed E-state index contributed by atoms with van der Waals surface area (Å²) >= 11 is 0. The molecular formula is C16H22N2O3. The van der Waals surface area contributed by atoms with Crippen LogP contribution in [0.5, 0.6) is 5.75 Å². The lowest BCUT2D eigenvalue weighted by Gasteiger charge is -2.25. The first-order valence-electron chi connectivity index (χ1n) is 7.50. The van der Waals surface area contributed by atoms with Crippen LogP contribution in [0.15, 0.2) is 30.5 Å². The number of β-amino-alcohol motifs (C(OH)–C–C–N with tert-alkyl or cyclic N) is 1. The fraction of sp³-hybridized carbons (Fsp3) is 0.500. The molecule has 2 unspecified atom stereocenters. The number of aromatic amines is 1. The molecule has 0 bridgehead atoms. The Kier molecular flexibility index (Phi) is 4.43. The van der Waals surface area contributed by atoms with Crippen LogP contribution >= 0.6 is 0 Å². The van der Waals surface area contributed by atoms with Crippen molar-refractivity contribution in [2.24, 2.45) is 0 Å². The molecule has 2 heterocycles. The Labute approximate surface area is 124 Å². The van der Waals surface area contributed by atoms with Crippen LogP contribution in [-0.2, 0) is 0 Å². The summed E-state index contributed by atoms with van der Waals surface area (Å²) in [7, 11) is 0. The molecule has 1 aliphatic rings. The van der Waals surface area contributed by atoms with Gasteiger partial charge in [0.05, 0.1) is 6.61 Å². The number of aliphatic hydroxyl groups is 2. The zero-order valence-electron chi connectivity index (χ0n) is 12.0. The van der Waals surface area contributed by atoms with E-state index in [0.717, 1.165) is 36.0 Å². The van der Waals surface area contributed by atoms with Crippen LogP contribution < -0.4 is 4.74 Å². The average Bonchev–Trinajstić information content (AvgIpc) is 3.13. The minimum atomic E-state index is -0.550. The molecule has 1 aromatic carbocycles. The van der Waals surface area contributed by atoms with Gasteiger partial charge in [-0.1, -0.05) is 6.07 Å². The number of rotatable bonds is 6. The third-order valence-electron chi connectivity index (χ3n) is 4.14. The maximum Gasteiger partial charge on any atom is 0.128 e. The van der Waals surface area contributed by atoms with Crippen LogP contribution in [0.4, 0.5) is 0 Å². The summed E-state index contributed by atoms with van der Waals surface area (Å²) in [6, 6.07) is 8.00. The molecule has 5 heteroatoms. The van der Waals surface area contributed by atoms with Gasteiger partial charge in [-0.2, -0.15) is 0 Å². The molecule has 2 atom stereocenters. The number of ether oxygens (including phenoxy) is 1. The van der Waals surface area contributed by atoms with E-state index in [0.29, 0.717) is 6.54 Å². The molecule has 0 spiro atoms. The topological polar surface area (TPSA) is 68.7 Å². The Morgan fingerprint density at radius 3 is 3.14 bits per heavy atom. The number of H-pyrrole nitrogens is 1. The highest BCUT2D eigenvalue weighted by molar-refractivity contribution is 5.85. The predicted octanol–water partition coefficient (Wildman–Crippen LogP) is 1.36. The van der Waals surface area contributed by atoms with Crippen LogP contribution in [0.3, 0.4) is 0 Å². The second kappa shape index (κ2) is 6.47. The van der Waals surface area contributed by atoms with Gasteiger partial charge in [-0.05, 0) is 37.6 Å². The largest absolute Gasteiger partial charge is 0.490 e.